The lowest BCUT2D eigenvalue weighted by atomic mass is 10.2. The highest BCUT2D eigenvalue weighted by Crippen LogP contribution is 2.19. The molecule has 0 aliphatic rings. The summed E-state index contributed by atoms with van der Waals surface area (Å²) in [6, 6.07) is 3.80. The van der Waals surface area contributed by atoms with Crippen LogP contribution in [-0.4, -0.2) is 16.5 Å². The molecule has 0 saturated carbocycles. The van der Waals surface area contributed by atoms with Crippen LogP contribution in [0.3, 0.4) is 0 Å². The first-order valence-corrected chi connectivity index (χ1v) is 4.91. The molecule has 0 fully saturated rings. The van der Waals surface area contributed by atoms with E-state index in [4.69, 9.17) is 4.42 Å². The number of hydrogen-bond donors (Lipinski definition) is 1. The molecule has 4 nitrogen and oxygen atoms in total. The fraction of sp³-hybridized carbons (Fsp3) is 0.273. The summed E-state index contributed by atoms with van der Waals surface area (Å²) in [4.78, 5) is 8.63. The summed E-state index contributed by atoms with van der Waals surface area (Å²) < 4.78 is 5.03. The maximum Gasteiger partial charge on any atom is 0.130 e. The first kappa shape index (κ1) is 9.71. The van der Waals surface area contributed by atoms with Crippen molar-refractivity contribution in [2.24, 2.45) is 0 Å². The number of rotatable bonds is 3. The van der Waals surface area contributed by atoms with E-state index in [0.29, 0.717) is 0 Å². The third kappa shape index (κ3) is 2.15. The zero-order chi connectivity index (χ0) is 10.7. The molecule has 0 amide bonds. The van der Waals surface area contributed by atoms with E-state index < -0.39 is 0 Å². The molecular weight excluding hydrogens is 190 g/mol. The average molecular weight is 203 g/mol. The van der Waals surface area contributed by atoms with Gasteiger partial charge in [0.1, 0.15) is 11.6 Å². The first-order valence-electron chi connectivity index (χ1n) is 4.91. The Morgan fingerprint density at radius 1 is 1.40 bits per heavy atom. The third-order valence-corrected chi connectivity index (χ3v) is 2.01. The zero-order valence-corrected chi connectivity index (χ0v) is 8.82. The lowest BCUT2D eigenvalue weighted by Crippen LogP contribution is -2.02. The van der Waals surface area contributed by atoms with Gasteiger partial charge in [0.2, 0.25) is 0 Å². The molecule has 0 unspecified atom stereocenters. The average Bonchev–Trinajstić information content (AvgIpc) is 2.70. The number of nitrogens with one attached hydrogen (secondary N) is 1. The van der Waals surface area contributed by atoms with Crippen LogP contribution in [0.25, 0.3) is 11.3 Å². The number of nitrogens with zero attached hydrogens (tertiary/aromatic N) is 2. The van der Waals surface area contributed by atoms with E-state index >= 15 is 0 Å². The molecular formula is C11H13N3O. The van der Waals surface area contributed by atoms with Crippen molar-refractivity contribution in [2.75, 3.05) is 11.9 Å². The molecule has 0 bridgehead atoms. The molecule has 0 aliphatic heterocycles. The quantitative estimate of drug-likeness (QED) is 0.832. The van der Waals surface area contributed by atoms with Crippen molar-refractivity contribution in [3.05, 3.63) is 30.5 Å². The minimum absolute atomic E-state index is 0.754. The van der Waals surface area contributed by atoms with Crippen molar-refractivity contribution in [1.82, 2.24) is 9.97 Å². The number of aryl methyl sites for hydroxylation is 1. The number of furan rings is 1. The van der Waals surface area contributed by atoms with Gasteiger partial charge in [-0.15, -0.1) is 0 Å². The zero-order valence-electron chi connectivity index (χ0n) is 8.82. The van der Waals surface area contributed by atoms with Gasteiger partial charge in [-0.05, 0) is 19.9 Å². The Morgan fingerprint density at radius 2 is 2.27 bits per heavy atom. The summed E-state index contributed by atoms with van der Waals surface area (Å²) in [6.45, 7) is 4.76. The van der Waals surface area contributed by atoms with Gasteiger partial charge in [0.25, 0.3) is 0 Å². The predicted octanol–water partition coefficient (Wildman–Crippen LogP) is 2.48. The smallest absolute Gasteiger partial charge is 0.130 e. The Bertz CT molecular complexity index is 437. The van der Waals surface area contributed by atoms with Crippen LogP contribution >= 0.6 is 0 Å². The van der Waals surface area contributed by atoms with Gasteiger partial charge in [-0.1, -0.05) is 0 Å². The molecule has 0 saturated heterocycles. The molecule has 4 heteroatoms. The minimum atomic E-state index is 0.754. The van der Waals surface area contributed by atoms with Crippen LogP contribution in [0.2, 0.25) is 0 Å². The number of aromatic nitrogens is 2. The van der Waals surface area contributed by atoms with Crippen molar-refractivity contribution in [2.45, 2.75) is 13.8 Å². The first-order chi connectivity index (χ1) is 7.29. The molecule has 2 heterocycles. The highest BCUT2D eigenvalue weighted by atomic mass is 16.3. The Labute approximate surface area is 88.4 Å². The molecule has 0 aromatic carbocycles. The summed E-state index contributed by atoms with van der Waals surface area (Å²) in [7, 11) is 0. The molecule has 78 valence electrons. The van der Waals surface area contributed by atoms with Crippen molar-refractivity contribution < 1.29 is 4.42 Å². The van der Waals surface area contributed by atoms with E-state index in [-0.39, 0.29) is 0 Å². The normalized spacial score (nSPS) is 10.3. The van der Waals surface area contributed by atoms with Crippen LogP contribution in [-0.2, 0) is 0 Å². The van der Waals surface area contributed by atoms with E-state index in [2.05, 4.69) is 15.3 Å². The summed E-state index contributed by atoms with van der Waals surface area (Å²) in [5.41, 5.74) is 1.85. The Balaban J connectivity index is 2.40. The van der Waals surface area contributed by atoms with Crippen LogP contribution in [0, 0.1) is 6.92 Å². The SMILES string of the molecule is CCNc1cc(-c2ccoc2)nc(C)n1. The highest BCUT2D eigenvalue weighted by Gasteiger charge is 2.04. The van der Waals surface area contributed by atoms with Crippen molar-refractivity contribution in [3.63, 3.8) is 0 Å². The van der Waals surface area contributed by atoms with Crippen LogP contribution in [0.15, 0.2) is 29.1 Å². The van der Waals surface area contributed by atoms with Crippen LogP contribution in [0.4, 0.5) is 5.82 Å². The molecule has 15 heavy (non-hydrogen) atoms. The van der Waals surface area contributed by atoms with Crippen LogP contribution in [0.5, 0.6) is 0 Å². The maximum atomic E-state index is 5.03. The van der Waals surface area contributed by atoms with E-state index in [1.165, 1.54) is 0 Å². The molecule has 0 atom stereocenters. The second-order valence-corrected chi connectivity index (χ2v) is 3.23. The summed E-state index contributed by atoms with van der Waals surface area (Å²) in [6.07, 6.45) is 3.32. The van der Waals surface area contributed by atoms with Gasteiger partial charge >= 0.3 is 0 Å². The number of hydrogen-bond acceptors (Lipinski definition) is 4. The Hall–Kier alpha value is -1.84. The summed E-state index contributed by atoms with van der Waals surface area (Å²) in [5.74, 6) is 1.60. The largest absolute Gasteiger partial charge is 0.472 e. The second-order valence-electron chi connectivity index (χ2n) is 3.23. The molecule has 0 spiro atoms. The molecule has 2 aromatic heterocycles. The van der Waals surface area contributed by atoms with Gasteiger partial charge in [0.15, 0.2) is 0 Å². The van der Waals surface area contributed by atoms with E-state index in [0.717, 1.165) is 29.4 Å². The highest BCUT2D eigenvalue weighted by molar-refractivity contribution is 5.61. The van der Waals surface area contributed by atoms with E-state index in [9.17, 15) is 0 Å². The minimum Gasteiger partial charge on any atom is -0.472 e. The Morgan fingerprint density at radius 3 is 2.93 bits per heavy atom. The third-order valence-electron chi connectivity index (χ3n) is 2.01. The lowest BCUT2D eigenvalue weighted by Gasteiger charge is -2.05. The molecule has 0 radical (unpaired) electrons. The van der Waals surface area contributed by atoms with Crippen molar-refractivity contribution in [1.29, 1.82) is 0 Å². The van der Waals surface area contributed by atoms with E-state index in [1.807, 2.05) is 26.0 Å². The molecule has 1 N–H and O–H groups in total. The fourth-order valence-corrected chi connectivity index (χ4v) is 1.40. The van der Waals surface area contributed by atoms with E-state index in [1.54, 1.807) is 12.5 Å². The second kappa shape index (κ2) is 4.13. The maximum absolute atomic E-state index is 5.03. The van der Waals surface area contributed by atoms with Gasteiger partial charge in [-0.3, -0.25) is 0 Å². The fourth-order valence-electron chi connectivity index (χ4n) is 1.40. The van der Waals surface area contributed by atoms with Crippen LogP contribution < -0.4 is 5.32 Å². The standard InChI is InChI=1S/C11H13N3O/c1-3-12-11-6-10(13-8(2)14-11)9-4-5-15-7-9/h4-7H,3H2,1-2H3,(H,12,13,14). The van der Waals surface area contributed by atoms with Gasteiger partial charge in [-0.2, -0.15) is 0 Å². The lowest BCUT2D eigenvalue weighted by molar-refractivity contribution is 0.568. The van der Waals surface area contributed by atoms with Gasteiger partial charge < -0.3 is 9.73 Å². The van der Waals surface area contributed by atoms with Gasteiger partial charge in [0.05, 0.1) is 18.2 Å². The van der Waals surface area contributed by atoms with Crippen molar-refractivity contribution in [3.8, 4) is 11.3 Å². The summed E-state index contributed by atoms with van der Waals surface area (Å²) >= 11 is 0. The molecule has 2 rings (SSSR count). The monoisotopic (exact) mass is 203 g/mol. The summed E-state index contributed by atoms with van der Waals surface area (Å²) in [5, 5.41) is 3.17. The number of anilines is 1. The Kier molecular flexibility index (Phi) is 2.67. The predicted molar refractivity (Wildman–Crippen MR) is 58.6 cm³/mol. The van der Waals surface area contributed by atoms with Gasteiger partial charge in [-0.25, -0.2) is 9.97 Å². The molecule has 0 aliphatic carbocycles. The topological polar surface area (TPSA) is 51.0 Å². The molecule has 2 aromatic rings. The van der Waals surface area contributed by atoms with Crippen molar-refractivity contribution >= 4 is 5.82 Å². The van der Waals surface area contributed by atoms with Gasteiger partial charge in [0, 0.05) is 18.2 Å². The van der Waals surface area contributed by atoms with Crippen LogP contribution in [0.1, 0.15) is 12.7 Å².